The molecular formula is C12H12N4O2. The fraction of sp³-hybridized carbons (Fsp3) is 0.250. The van der Waals surface area contributed by atoms with Crippen LogP contribution in [0.25, 0.3) is 10.9 Å². The normalized spacial score (nSPS) is 10.5. The summed E-state index contributed by atoms with van der Waals surface area (Å²) < 4.78 is 1.58. The molecule has 1 aromatic carbocycles. The molecule has 0 aliphatic heterocycles. The Balaban J connectivity index is 2.90. The molecule has 0 spiro atoms. The number of non-ortho nitro benzene ring substituents is 1. The third-order valence-electron chi connectivity index (χ3n) is 2.95. The summed E-state index contributed by atoms with van der Waals surface area (Å²) in [6, 6.07) is 7.00. The first kappa shape index (κ1) is 12.1. The molecule has 0 atom stereocenters. The van der Waals surface area contributed by atoms with Gasteiger partial charge in [0.1, 0.15) is 17.3 Å². The van der Waals surface area contributed by atoms with Gasteiger partial charge in [-0.3, -0.25) is 10.1 Å². The summed E-state index contributed by atoms with van der Waals surface area (Å²) in [5.74, 6) is 0. The van der Waals surface area contributed by atoms with Crippen LogP contribution in [-0.4, -0.2) is 16.5 Å². The number of rotatable bonds is 3. The number of benzene rings is 1. The van der Waals surface area contributed by atoms with Crippen molar-refractivity contribution in [3.05, 3.63) is 39.6 Å². The second-order valence-electron chi connectivity index (χ2n) is 3.96. The molecule has 0 amide bonds. The van der Waals surface area contributed by atoms with E-state index in [9.17, 15) is 15.4 Å². The Morgan fingerprint density at radius 3 is 2.83 bits per heavy atom. The number of nitro groups is 1. The molecule has 2 aromatic rings. The third-order valence-corrected chi connectivity index (χ3v) is 2.95. The van der Waals surface area contributed by atoms with Crippen molar-refractivity contribution < 1.29 is 4.92 Å². The molecule has 6 nitrogen and oxygen atoms in total. The number of fused-ring (bicyclic) bond motifs is 1. The first-order valence-electron chi connectivity index (χ1n) is 5.41. The molecule has 0 unspecified atom stereocenters. The zero-order valence-corrected chi connectivity index (χ0v) is 10.1. The lowest BCUT2D eigenvalue weighted by Crippen LogP contribution is -2.06. The van der Waals surface area contributed by atoms with Crippen LogP contribution in [0, 0.1) is 21.4 Å². The zero-order valence-electron chi connectivity index (χ0n) is 10.1. The molecule has 0 aliphatic rings. The number of nitrogens with zero attached hydrogens (tertiary/aromatic N) is 3. The zero-order chi connectivity index (χ0) is 13.3. The summed E-state index contributed by atoms with van der Waals surface area (Å²) in [6.07, 6.45) is 0. The summed E-state index contributed by atoms with van der Waals surface area (Å²) in [7, 11) is 3.45. The molecule has 1 aromatic heterocycles. The van der Waals surface area contributed by atoms with Crippen LogP contribution in [0.2, 0.25) is 0 Å². The van der Waals surface area contributed by atoms with Crippen molar-refractivity contribution >= 4 is 16.6 Å². The van der Waals surface area contributed by atoms with Gasteiger partial charge in [0.2, 0.25) is 0 Å². The van der Waals surface area contributed by atoms with Crippen molar-refractivity contribution in [2.75, 3.05) is 7.05 Å². The van der Waals surface area contributed by atoms with Gasteiger partial charge < -0.3 is 9.88 Å². The van der Waals surface area contributed by atoms with E-state index in [2.05, 4.69) is 11.4 Å². The van der Waals surface area contributed by atoms with Crippen LogP contribution in [-0.2, 0) is 13.6 Å². The van der Waals surface area contributed by atoms with Crippen LogP contribution in [0.5, 0.6) is 0 Å². The monoisotopic (exact) mass is 244 g/mol. The van der Waals surface area contributed by atoms with E-state index in [0.29, 0.717) is 17.8 Å². The standard InChI is InChI=1S/C12H12N4O2/c1-14-7-9-8-4-3-5-10(16(17)18)12(8)15(2)11(9)6-13/h3-5,14H,7H2,1-2H3. The Kier molecular flexibility index (Phi) is 3.00. The summed E-state index contributed by atoms with van der Waals surface area (Å²) in [4.78, 5) is 10.6. The number of nitriles is 1. The molecule has 6 heteroatoms. The van der Waals surface area contributed by atoms with Crippen molar-refractivity contribution in [1.82, 2.24) is 9.88 Å². The van der Waals surface area contributed by atoms with Gasteiger partial charge in [-0.2, -0.15) is 5.26 Å². The van der Waals surface area contributed by atoms with Gasteiger partial charge in [-0.05, 0) is 7.05 Å². The smallest absolute Gasteiger partial charge is 0.293 e. The lowest BCUT2D eigenvalue weighted by Gasteiger charge is -1.98. The highest BCUT2D eigenvalue weighted by Gasteiger charge is 2.21. The molecule has 1 N–H and O–H groups in total. The average molecular weight is 244 g/mol. The van der Waals surface area contributed by atoms with E-state index >= 15 is 0 Å². The van der Waals surface area contributed by atoms with E-state index in [0.717, 1.165) is 10.9 Å². The molecule has 1 heterocycles. The quantitative estimate of drug-likeness (QED) is 0.657. The number of hydrogen-bond acceptors (Lipinski definition) is 4. The maximum atomic E-state index is 11.0. The maximum Gasteiger partial charge on any atom is 0.293 e. The minimum absolute atomic E-state index is 0.0221. The van der Waals surface area contributed by atoms with Crippen LogP contribution < -0.4 is 5.32 Å². The first-order valence-corrected chi connectivity index (χ1v) is 5.41. The van der Waals surface area contributed by atoms with Gasteiger partial charge in [-0.1, -0.05) is 12.1 Å². The molecule has 0 saturated heterocycles. The predicted octanol–water partition coefficient (Wildman–Crippen LogP) is 1.68. The number of aryl methyl sites for hydroxylation is 1. The van der Waals surface area contributed by atoms with Crippen LogP contribution in [0.15, 0.2) is 18.2 Å². The highest BCUT2D eigenvalue weighted by Crippen LogP contribution is 2.31. The molecule has 18 heavy (non-hydrogen) atoms. The fourth-order valence-electron chi connectivity index (χ4n) is 2.21. The Morgan fingerprint density at radius 1 is 1.56 bits per heavy atom. The molecule has 0 bridgehead atoms. The molecule has 0 fully saturated rings. The van der Waals surface area contributed by atoms with E-state index in [1.165, 1.54) is 6.07 Å². The van der Waals surface area contributed by atoms with Gasteiger partial charge in [0, 0.05) is 30.6 Å². The number of nitrogens with one attached hydrogen (secondary N) is 1. The topological polar surface area (TPSA) is 83.9 Å². The summed E-state index contributed by atoms with van der Waals surface area (Å²) >= 11 is 0. The first-order chi connectivity index (χ1) is 8.61. The highest BCUT2D eigenvalue weighted by atomic mass is 16.6. The van der Waals surface area contributed by atoms with Gasteiger partial charge in [0.05, 0.1) is 4.92 Å². The van der Waals surface area contributed by atoms with Gasteiger partial charge >= 0.3 is 0 Å². The van der Waals surface area contributed by atoms with Crippen molar-refractivity contribution in [3.63, 3.8) is 0 Å². The van der Waals surface area contributed by atoms with E-state index in [-0.39, 0.29) is 5.69 Å². The summed E-state index contributed by atoms with van der Waals surface area (Å²) in [5, 5.41) is 23.9. The second kappa shape index (κ2) is 4.47. The van der Waals surface area contributed by atoms with E-state index in [1.807, 2.05) is 0 Å². The highest BCUT2D eigenvalue weighted by molar-refractivity contribution is 5.93. The van der Waals surface area contributed by atoms with Gasteiger partial charge in [-0.25, -0.2) is 0 Å². The van der Waals surface area contributed by atoms with Gasteiger partial charge in [0.15, 0.2) is 0 Å². The van der Waals surface area contributed by atoms with Crippen molar-refractivity contribution in [3.8, 4) is 6.07 Å². The Morgan fingerprint density at radius 2 is 2.28 bits per heavy atom. The molecule has 0 aliphatic carbocycles. The van der Waals surface area contributed by atoms with E-state index in [4.69, 9.17) is 0 Å². The molecule has 2 rings (SSSR count). The summed E-state index contributed by atoms with van der Waals surface area (Å²) in [5.41, 5.74) is 1.76. The molecule has 0 saturated carbocycles. The Labute approximate surface area is 104 Å². The molecule has 0 radical (unpaired) electrons. The van der Waals surface area contributed by atoms with Crippen LogP contribution in [0.3, 0.4) is 0 Å². The third kappa shape index (κ3) is 1.61. The lowest BCUT2D eigenvalue weighted by molar-refractivity contribution is -0.383. The Hall–Kier alpha value is -2.39. The van der Waals surface area contributed by atoms with Crippen LogP contribution in [0.1, 0.15) is 11.3 Å². The SMILES string of the molecule is CNCc1c(C#N)n(C)c2c([N+](=O)[O-])cccc12. The van der Waals surface area contributed by atoms with Crippen molar-refractivity contribution in [2.45, 2.75) is 6.54 Å². The molecule has 92 valence electrons. The summed E-state index contributed by atoms with van der Waals surface area (Å²) in [6.45, 7) is 0.501. The lowest BCUT2D eigenvalue weighted by atomic mass is 10.1. The van der Waals surface area contributed by atoms with Gasteiger partial charge in [0.25, 0.3) is 5.69 Å². The maximum absolute atomic E-state index is 11.0. The molecular weight excluding hydrogens is 232 g/mol. The van der Waals surface area contributed by atoms with Crippen LogP contribution >= 0.6 is 0 Å². The van der Waals surface area contributed by atoms with E-state index < -0.39 is 4.92 Å². The van der Waals surface area contributed by atoms with Crippen LogP contribution in [0.4, 0.5) is 5.69 Å². The van der Waals surface area contributed by atoms with Gasteiger partial charge in [-0.15, -0.1) is 0 Å². The number of aromatic nitrogens is 1. The predicted molar refractivity (Wildman–Crippen MR) is 67.1 cm³/mol. The largest absolute Gasteiger partial charge is 0.330 e. The average Bonchev–Trinajstić information content (AvgIpc) is 2.63. The number of para-hydroxylation sites is 1. The minimum Gasteiger partial charge on any atom is -0.330 e. The second-order valence-corrected chi connectivity index (χ2v) is 3.96. The number of nitro benzene ring substituents is 1. The minimum atomic E-state index is -0.424. The van der Waals surface area contributed by atoms with E-state index in [1.54, 1.807) is 30.8 Å². The number of hydrogen-bond donors (Lipinski definition) is 1. The van der Waals surface area contributed by atoms with Crippen molar-refractivity contribution in [2.24, 2.45) is 7.05 Å². The fourth-order valence-corrected chi connectivity index (χ4v) is 2.21. The Bertz CT molecular complexity index is 667. The van der Waals surface area contributed by atoms with Crippen molar-refractivity contribution in [1.29, 1.82) is 5.26 Å².